The number of nitrogens with two attached hydrogens (primary N) is 1. The van der Waals surface area contributed by atoms with Crippen molar-refractivity contribution < 1.29 is 13.2 Å². The Balaban J connectivity index is 2.07. The van der Waals surface area contributed by atoms with E-state index in [9.17, 15) is 8.42 Å². The van der Waals surface area contributed by atoms with Crippen LogP contribution < -0.4 is 10.5 Å². The molecule has 1 aromatic heterocycles. The van der Waals surface area contributed by atoms with Crippen LogP contribution in [0, 0.1) is 0 Å². The van der Waals surface area contributed by atoms with Gasteiger partial charge in [-0.1, -0.05) is 6.92 Å². The summed E-state index contributed by atoms with van der Waals surface area (Å²) < 4.78 is 34.4. The van der Waals surface area contributed by atoms with Crippen LogP contribution in [0.4, 0.5) is 0 Å². The fraction of sp³-hybridized carbons (Fsp3) is 0.692. The van der Waals surface area contributed by atoms with Crippen molar-refractivity contribution in [3.8, 4) is 0 Å². The van der Waals surface area contributed by atoms with Gasteiger partial charge in [0.15, 0.2) is 0 Å². The van der Waals surface area contributed by atoms with Crippen LogP contribution in [0.1, 0.15) is 31.9 Å². The first-order valence-corrected chi connectivity index (χ1v) is 8.55. The molecule has 1 aromatic rings. The smallest absolute Gasteiger partial charge is 0.242 e. The van der Waals surface area contributed by atoms with E-state index in [-0.39, 0.29) is 11.0 Å². The molecule has 1 aliphatic rings. The van der Waals surface area contributed by atoms with Crippen LogP contribution in [-0.2, 0) is 27.8 Å². The molecule has 1 saturated heterocycles. The van der Waals surface area contributed by atoms with Crippen LogP contribution in [0.5, 0.6) is 0 Å². The Kier molecular flexibility index (Phi) is 5.20. The average Bonchev–Trinajstić information content (AvgIpc) is 3.06. The number of aryl methyl sites for hydroxylation is 1. The minimum Gasteiger partial charge on any atom is -0.377 e. The topological polar surface area (TPSA) is 86.3 Å². The zero-order valence-electron chi connectivity index (χ0n) is 11.8. The van der Waals surface area contributed by atoms with E-state index < -0.39 is 10.0 Å². The fourth-order valence-electron chi connectivity index (χ4n) is 2.38. The van der Waals surface area contributed by atoms with Gasteiger partial charge in [0.2, 0.25) is 10.0 Å². The normalized spacial score (nSPS) is 19.6. The molecule has 7 heteroatoms. The van der Waals surface area contributed by atoms with Gasteiger partial charge in [-0.2, -0.15) is 0 Å². The third-order valence-corrected chi connectivity index (χ3v) is 4.86. The third kappa shape index (κ3) is 3.60. The molecule has 0 aliphatic carbocycles. The Bertz CT molecular complexity index is 533. The van der Waals surface area contributed by atoms with Crippen LogP contribution >= 0.6 is 0 Å². The number of aromatic nitrogens is 1. The predicted octanol–water partition coefficient (Wildman–Crippen LogP) is 0.814. The summed E-state index contributed by atoms with van der Waals surface area (Å²) in [6.45, 7) is 4.20. The fourth-order valence-corrected chi connectivity index (χ4v) is 3.51. The first-order valence-electron chi connectivity index (χ1n) is 7.07. The van der Waals surface area contributed by atoms with Gasteiger partial charge in [0.1, 0.15) is 0 Å². The molecule has 0 amide bonds. The van der Waals surface area contributed by atoms with Crippen molar-refractivity contribution in [3.63, 3.8) is 0 Å². The zero-order chi connectivity index (χ0) is 14.6. The molecule has 0 saturated carbocycles. The number of sulfonamides is 1. The lowest BCUT2D eigenvalue weighted by molar-refractivity contribution is 0.114. The maximum Gasteiger partial charge on any atom is 0.242 e. The highest BCUT2D eigenvalue weighted by atomic mass is 32.2. The maximum absolute atomic E-state index is 12.3. The molecule has 20 heavy (non-hydrogen) atoms. The van der Waals surface area contributed by atoms with E-state index in [4.69, 9.17) is 10.5 Å². The summed E-state index contributed by atoms with van der Waals surface area (Å²) in [6.07, 6.45) is 4.49. The second kappa shape index (κ2) is 6.71. The summed E-state index contributed by atoms with van der Waals surface area (Å²) in [7, 11) is -3.48. The van der Waals surface area contributed by atoms with Gasteiger partial charge in [0.05, 0.1) is 11.0 Å². The monoisotopic (exact) mass is 301 g/mol. The minimum absolute atomic E-state index is 0.00326. The quantitative estimate of drug-likeness (QED) is 0.780. The van der Waals surface area contributed by atoms with Crippen molar-refractivity contribution in [1.29, 1.82) is 0 Å². The summed E-state index contributed by atoms with van der Waals surface area (Å²) >= 11 is 0. The summed E-state index contributed by atoms with van der Waals surface area (Å²) in [5.74, 6) is 0. The van der Waals surface area contributed by atoms with Crippen LogP contribution in [-0.4, -0.2) is 32.2 Å². The number of nitrogens with one attached hydrogen (secondary N) is 1. The standard InChI is InChI=1S/C13H23N3O3S/c1-2-5-16-10-13(7-11(16)8-14)20(17,18)15-9-12-4-3-6-19-12/h7,10,12,15H,2-6,8-9,14H2,1H3. The lowest BCUT2D eigenvalue weighted by Crippen LogP contribution is -2.31. The van der Waals surface area contributed by atoms with Crippen molar-refractivity contribution in [3.05, 3.63) is 18.0 Å². The molecule has 3 N–H and O–H groups in total. The number of hydrogen-bond acceptors (Lipinski definition) is 4. The number of ether oxygens (including phenoxy) is 1. The molecule has 0 spiro atoms. The lowest BCUT2D eigenvalue weighted by atomic mass is 10.2. The van der Waals surface area contributed by atoms with Crippen molar-refractivity contribution >= 4 is 10.0 Å². The van der Waals surface area contributed by atoms with E-state index in [0.717, 1.165) is 38.1 Å². The highest BCUT2D eigenvalue weighted by molar-refractivity contribution is 7.89. The molecule has 2 rings (SSSR count). The summed E-state index contributed by atoms with van der Waals surface area (Å²) in [4.78, 5) is 0.282. The molecule has 0 radical (unpaired) electrons. The van der Waals surface area contributed by atoms with E-state index in [1.807, 2.05) is 11.5 Å². The Morgan fingerprint density at radius 1 is 1.55 bits per heavy atom. The highest BCUT2D eigenvalue weighted by Gasteiger charge is 2.21. The van der Waals surface area contributed by atoms with E-state index in [1.54, 1.807) is 12.3 Å². The van der Waals surface area contributed by atoms with Crippen LogP contribution in [0.25, 0.3) is 0 Å². The summed E-state index contributed by atoms with van der Waals surface area (Å²) in [5, 5.41) is 0. The molecule has 2 heterocycles. The third-order valence-electron chi connectivity index (χ3n) is 3.47. The molecule has 1 aliphatic heterocycles. The van der Waals surface area contributed by atoms with Gasteiger partial charge in [-0.15, -0.1) is 0 Å². The second-order valence-corrected chi connectivity index (χ2v) is 6.82. The van der Waals surface area contributed by atoms with Crippen molar-refractivity contribution in [1.82, 2.24) is 9.29 Å². The number of nitrogens with zero attached hydrogens (tertiary/aromatic N) is 1. The van der Waals surface area contributed by atoms with Crippen molar-refractivity contribution in [2.75, 3.05) is 13.2 Å². The largest absolute Gasteiger partial charge is 0.377 e. The molecule has 6 nitrogen and oxygen atoms in total. The van der Waals surface area contributed by atoms with Gasteiger partial charge in [-0.05, 0) is 25.3 Å². The van der Waals surface area contributed by atoms with Gasteiger partial charge < -0.3 is 15.0 Å². The molecular weight excluding hydrogens is 278 g/mol. The Morgan fingerprint density at radius 3 is 2.95 bits per heavy atom. The Hall–Kier alpha value is -0.890. The molecule has 0 aromatic carbocycles. The molecule has 1 fully saturated rings. The Labute approximate surface area is 120 Å². The van der Waals surface area contributed by atoms with E-state index in [1.165, 1.54) is 0 Å². The van der Waals surface area contributed by atoms with Crippen LogP contribution in [0.15, 0.2) is 17.2 Å². The van der Waals surface area contributed by atoms with E-state index >= 15 is 0 Å². The van der Waals surface area contributed by atoms with Gasteiger partial charge in [0, 0.05) is 38.1 Å². The van der Waals surface area contributed by atoms with Gasteiger partial charge in [-0.25, -0.2) is 13.1 Å². The van der Waals surface area contributed by atoms with E-state index in [2.05, 4.69) is 4.72 Å². The first-order chi connectivity index (χ1) is 9.56. The molecular formula is C13H23N3O3S. The lowest BCUT2D eigenvalue weighted by Gasteiger charge is -2.10. The number of rotatable bonds is 7. The first kappa shape index (κ1) is 15.5. The second-order valence-electron chi connectivity index (χ2n) is 5.05. The van der Waals surface area contributed by atoms with Crippen molar-refractivity contribution in [2.24, 2.45) is 5.73 Å². The summed E-state index contributed by atoms with van der Waals surface area (Å²) in [5.41, 5.74) is 6.49. The summed E-state index contributed by atoms with van der Waals surface area (Å²) in [6, 6.07) is 1.65. The average molecular weight is 301 g/mol. The van der Waals surface area contributed by atoms with Gasteiger partial charge in [0.25, 0.3) is 0 Å². The Morgan fingerprint density at radius 2 is 2.35 bits per heavy atom. The maximum atomic E-state index is 12.3. The van der Waals surface area contributed by atoms with Gasteiger partial charge >= 0.3 is 0 Å². The highest BCUT2D eigenvalue weighted by Crippen LogP contribution is 2.16. The molecule has 114 valence electrons. The van der Waals surface area contributed by atoms with Crippen LogP contribution in [0.2, 0.25) is 0 Å². The van der Waals surface area contributed by atoms with E-state index in [0.29, 0.717) is 13.1 Å². The van der Waals surface area contributed by atoms with Crippen molar-refractivity contribution in [2.45, 2.75) is 50.3 Å². The molecule has 0 bridgehead atoms. The van der Waals surface area contributed by atoms with Crippen LogP contribution in [0.3, 0.4) is 0 Å². The molecule has 1 unspecified atom stereocenters. The zero-order valence-corrected chi connectivity index (χ0v) is 12.7. The number of hydrogen-bond donors (Lipinski definition) is 2. The minimum atomic E-state index is -3.48. The SMILES string of the molecule is CCCn1cc(S(=O)(=O)NCC2CCCO2)cc1CN. The van der Waals surface area contributed by atoms with Gasteiger partial charge in [-0.3, -0.25) is 0 Å². The molecule has 1 atom stereocenters. The predicted molar refractivity (Wildman–Crippen MR) is 76.8 cm³/mol.